The number of aryl methyl sites for hydroxylation is 2. The molecule has 0 radical (unpaired) electrons. The smallest absolute Gasteiger partial charge is 0.252 e. The fourth-order valence-electron chi connectivity index (χ4n) is 1.89. The molecule has 0 aliphatic rings. The van der Waals surface area contributed by atoms with Crippen molar-refractivity contribution in [1.29, 1.82) is 0 Å². The SMILES string of the molecule is CCc1nc(NCc2ncccc2CC)cc(=O)[nH]1. The third-order valence-electron chi connectivity index (χ3n) is 2.93. The average Bonchev–Trinajstić information content (AvgIpc) is 2.44. The van der Waals surface area contributed by atoms with Gasteiger partial charge in [-0.05, 0) is 18.1 Å². The normalized spacial score (nSPS) is 10.4. The second kappa shape index (κ2) is 6.13. The molecule has 2 heterocycles. The molecule has 0 fully saturated rings. The van der Waals surface area contributed by atoms with E-state index in [9.17, 15) is 4.79 Å². The molecule has 19 heavy (non-hydrogen) atoms. The molecule has 0 atom stereocenters. The van der Waals surface area contributed by atoms with Crippen LogP contribution in [0.2, 0.25) is 0 Å². The highest BCUT2D eigenvalue weighted by Gasteiger charge is 2.03. The van der Waals surface area contributed by atoms with Crippen LogP contribution in [0.15, 0.2) is 29.2 Å². The van der Waals surface area contributed by atoms with E-state index < -0.39 is 0 Å². The topological polar surface area (TPSA) is 70.7 Å². The van der Waals surface area contributed by atoms with E-state index in [0.29, 0.717) is 24.6 Å². The Morgan fingerprint density at radius 2 is 2.16 bits per heavy atom. The number of pyridine rings is 1. The molecule has 2 N–H and O–H groups in total. The molecule has 0 aromatic carbocycles. The van der Waals surface area contributed by atoms with Gasteiger partial charge in [0.2, 0.25) is 0 Å². The van der Waals surface area contributed by atoms with Crippen LogP contribution in [0.1, 0.15) is 30.9 Å². The lowest BCUT2D eigenvalue weighted by atomic mass is 10.1. The van der Waals surface area contributed by atoms with E-state index in [1.165, 1.54) is 11.6 Å². The second-order valence-electron chi connectivity index (χ2n) is 4.25. The molecule has 0 amide bonds. The van der Waals surface area contributed by atoms with Gasteiger partial charge >= 0.3 is 0 Å². The van der Waals surface area contributed by atoms with Crippen molar-refractivity contribution in [2.45, 2.75) is 33.2 Å². The summed E-state index contributed by atoms with van der Waals surface area (Å²) in [5.41, 5.74) is 2.06. The van der Waals surface area contributed by atoms with Crippen LogP contribution in [0.3, 0.4) is 0 Å². The van der Waals surface area contributed by atoms with Crippen LogP contribution in [0.4, 0.5) is 5.82 Å². The maximum absolute atomic E-state index is 11.5. The van der Waals surface area contributed by atoms with Crippen LogP contribution < -0.4 is 10.9 Å². The zero-order valence-corrected chi connectivity index (χ0v) is 11.2. The quantitative estimate of drug-likeness (QED) is 0.859. The number of rotatable bonds is 5. The Morgan fingerprint density at radius 1 is 1.32 bits per heavy atom. The minimum Gasteiger partial charge on any atom is -0.364 e. The largest absolute Gasteiger partial charge is 0.364 e. The van der Waals surface area contributed by atoms with Crippen LogP contribution in [-0.2, 0) is 19.4 Å². The monoisotopic (exact) mass is 258 g/mol. The van der Waals surface area contributed by atoms with Crippen LogP contribution in [-0.4, -0.2) is 15.0 Å². The van der Waals surface area contributed by atoms with Gasteiger partial charge in [0.1, 0.15) is 11.6 Å². The third kappa shape index (κ3) is 3.40. The second-order valence-corrected chi connectivity index (χ2v) is 4.25. The molecule has 5 nitrogen and oxygen atoms in total. The van der Waals surface area contributed by atoms with Crippen LogP contribution in [0.5, 0.6) is 0 Å². The first-order chi connectivity index (χ1) is 9.22. The average molecular weight is 258 g/mol. The highest BCUT2D eigenvalue weighted by atomic mass is 16.1. The van der Waals surface area contributed by atoms with Gasteiger partial charge in [-0.2, -0.15) is 0 Å². The zero-order chi connectivity index (χ0) is 13.7. The van der Waals surface area contributed by atoms with Gasteiger partial charge in [-0.15, -0.1) is 0 Å². The zero-order valence-electron chi connectivity index (χ0n) is 11.2. The van der Waals surface area contributed by atoms with E-state index in [0.717, 1.165) is 12.1 Å². The molecule has 0 saturated carbocycles. The van der Waals surface area contributed by atoms with Crippen molar-refractivity contribution >= 4 is 5.82 Å². The summed E-state index contributed by atoms with van der Waals surface area (Å²) in [5, 5.41) is 3.16. The molecule has 0 aliphatic heterocycles. The molecule has 0 saturated heterocycles. The Labute approximate surface area is 112 Å². The molecular formula is C14H18N4O. The van der Waals surface area contributed by atoms with Crippen molar-refractivity contribution in [2.75, 3.05) is 5.32 Å². The predicted molar refractivity (Wildman–Crippen MR) is 75.2 cm³/mol. The number of nitrogens with zero attached hydrogens (tertiary/aromatic N) is 2. The van der Waals surface area contributed by atoms with E-state index >= 15 is 0 Å². The number of hydrogen-bond acceptors (Lipinski definition) is 4. The van der Waals surface area contributed by atoms with E-state index in [1.54, 1.807) is 6.20 Å². The van der Waals surface area contributed by atoms with E-state index in [1.807, 2.05) is 13.0 Å². The van der Waals surface area contributed by atoms with Crippen LogP contribution in [0, 0.1) is 0 Å². The standard InChI is InChI=1S/C14H18N4O/c1-3-10-6-5-7-15-11(10)9-16-13-8-14(19)18-12(4-2)17-13/h5-8H,3-4,9H2,1-2H3,(H2,16,17,18,19). The summed E-state index contributed by atoms with van der Waals surface area (Å²) >= 11 is 0. The minimum atomic E-state index is -0.133. The summed E-state index contributed by atoms with van der Waals surface area (Å²) in [6.07, 6.45) is 3.42. The number of aromatic amines is 1. The van der Waals surface area contributed by atoms with Crippen molar-refractivity contribution in [1.82, 2.24) is 15.0 Å². The minimum absolute atomic E-state index is 0.133. The fraction of sp³-hybridized carbons (Fsp3) is 0.357. The lowest BCUT2D eigenvalue weighted by Crippen LogP contribution is -2.14. The fourth-order valence-corrected chi connectivity index (χ4v) is 1.89. The van der Waals surface area contributed by atoms with Crippen molar-refractivity contribution in [3.63, 3.8) is 0 Å². The Kier molecular flexibility index (Phi) is 4.28. The maximum atomic E-state index is 11.5. The molecule has 0 unspecified atom stereocenters. The summed E-state index contributed by atoms with van der Waals surface area (Å²) in [4.78, 5) is 22.8. The molecule has 0 aliphatic carbocycles. The van der Waals surface area contributed by atoms with Crippen molar-refractivity contribution in [2.24, 2.45) is 0 Å². The summed E-state index contributed by atoms with van der Waals surface area (Å²) in [6, 6.07) is 5.46. The summed E-state index contributed by atoms with van der Waals surface area (Å²) < 4.78 is 0. The van der Waals surface area contributed by atoms with Gasteiger partial charge in [0.05, 0.1) is 12.2 Å². The van der Waals surface area contributed by atoms with E-state index in [-0.39, 0.29) is 5.56 Å². The predicted octanol–water partition coefficient (Wildman–Crippen LogP) is 1.90. The maximum Gasteiger partial charge on any atom is 0.252 e. The van der Waals surface area contributed by atoms with Crippen molar-refractivity contribution in [3.05, 3.63) is 51.8 Å². The Balaban J connectivity index is 2.14. The van der Waals surface area contributed by atoms with Gasteiger partial charge in [0.25, 0.3) is 5.56 Å². The van der Waals surface area contributed by atoms with Gasteiger partial charge in [-0.3, -0.25) is 9.78 Å². The van der Waals surface area contributed by atoms with Gasteiger partial charge in [-0.1, -0.05) is 19.9 Å². The molecule has 0 bridgehead atoms. The summed E-state index contributed by atoms with van der Waals surface area (Å²) in [6.45, 7) is 4.63. The summed E-state index contributed by atoms with van der Waals surface area (Å²) in [5.74, 6) is 1.28. The van der Waals surface area contributed by atoms with Crippen LogP contribution in [0.25, 0.3) is 0 Å². The number of aromatic nitrogens is 3. The van der Waals surface area contributed by atoms with Gasteiger partial charge in [0, 0.05) is 18.7 Å². The van der Waals surface area contributed by atoms with E-state index in [4.69, 9.17) is 0 Å². The Morgan fingerprint density at radius 3 is 2.89 bits per heavy atom. The number of H-pyrrole nitrogens is 1. The third-order valence-corrected chi connectivity index (χ3v) is 2.93. The first kappa shape index (κ1) is 13.3. The highest BCUT2D eigenvalue weighted by Crippen LogP contribution is 2.08. The van der Waals surface area contributed by atoms with Gasteiger partial charge in [-0.25, -0.2) is 4.98 Å². The molecule has 5 heteroatoms. The summed E-state index contributed by atoms with van der Waals surface area (Å²) in [7, 11) is 0. The lowest BCUT2D eigenvalue weighted by molar-refractivity contribution is 0.904. The Hall–Kier alpha value is -2.17. The number of anilines is 1. The Bertz CT molecular complexity index is 606. The molecule has 0 spiro atoms. The molecule has 100 valence electrons. The van der Waals surface area contributed by atoms with Crippen molar-refractivity contribution < 1.29 is 0 Å². The number of hydrogen-bond donors (Lipinski definition) is 2. The van der Waals surface area contributed by atoms with Gasteiger partial charge in [0.15, 0.2) is 0 Å². The highest BCUT2D eigenvalue weighted by molar-refractivity contribution is 5.34. The van der Waals surface area contributed by atoms with Crippen LogP contribution >= 0.6 is 0 Å². The first-order valence-electron chi connectivity index (χ1n) is 6.49. The molecular weight excluding hydrogens is 240 g/mol. The van der Waals surface area contributed by atoms with Crippen molar-refractivity contribution in [3.8, 4) is 0 Å². The molecule has 2 aromatic rings. The number of nitrogens with one attached hydrogen (secondary N) is 2. The first-order valence-corrected chi connectivity index (χ1v) is 6.49. The lowest BCUT2D eigenvalue weighted by Gasteiger charge is -2.09. The van der Waals surface area contributed by atoms with E-state index in [2.05, 4.69) is 33.3 Å². The molecule has 2 rings (SSSR count). The molecule has 2 aromatic heterocycles. The van der Waals surface area contributed by atoms with Gasteiger partial charge < -0.3 is 10.3 Å².